The Labute approximate surface area is 224 Å². The fourth-order valence-corrected chi connectivity index (χ4v) is 4.54. The molecule has 9 nitrogen and oxygen atoms in total. The SMILES string of the molecule is CCOc1ccccc1N1CCN(CCCN2C(=O)N/C(=C\c3ccc(OC)c(OC)c3)C2=O)CC1.Cl. The van der Waals surface area contributed by atoms with Gasteiger partial charge in [-0.05, 0) is 55.8 Å². The van der Waals surface area contributed by atoms with Crippen molar-refractivity contribution in [1.82, 2.24) is 15.1 Å². The van der Waals surface area contributed by atoms with E-state index in [4.69, 9.17) is 14.2 Å². The van der Waals surface area contributed by atoms with Crippen LogP contribution in [0.25, 0.3) is 6.08 Å². The Balaban J connectivity index is 0.00000380. The molecule has 37 heavy (non-hydrogen) atoms. The van der Waals surface area contributed by atoms with E-state index in [1.165, 1.54) is 4.90 Å². The summed E-state index contributed by atoms with van der Waals surface area (Å²) in [5.41, 5.74) is 2.13. The summed E-state index contributed by atoms with van der Waals surface area (Å²) in [5.74, 6) is 1.76. The number of ether oxygens (including phenoxy) is 3. The number of nitrogens with one attached hydrogen (secondary N) is 1. The van der Waals surface area contributed by atoms with Crippen LogP contribution in [0.15, 0.2) is 48.2 Å². The Morgan fingerprint density at radius 2 is 1.65 bits per heavy atom. The number of anilines is 1. The average Bonchev–Trinajstić information content (AvgIpc) is 3.17. The molecule has 0 aliphatic carbocycles. The fraction of sp³-hybridized carbons (Fsp3) is 0.407. The van der Waals surface area contributed by atoms with Gasteiger partial charge in [0.25, 0.3) is 5.91 Å². The van der Waals surface area contributed by atoms with Crippen molar-refractivity contribution in [1.29, 1.82) is 0 Å². The van der Waals surface area contributed by atoms with Crippen molar-refractivity contribution in [3.63, 3.8) is 0 Å². The molecule has 2 aromatic rings. The van der Waals surface area contributed by atoms with E-state index in [1.807, 2.05) is 31.2 Å². The van der Waals surface area contributed by atoms with Crippen molar-refractivity contribution in [2.45, 2.75) is 13.3 Å². The van der Waals surface area contributed by atoms with E-state index in [2.05, 4.69) is 21.2 Å². The largest absolute Gasteiger partial charge is 0.493 e. The van der Waals surface area contributed by atoms with Crippen LogP contribution in [0.1, 0.15) is 18.9 Å². The Morgan fingerprint density at radius 3 is 2.35 bits per heavy atom. The number of imide groups is 1. The van der Waals surface area contributed by atoms with Crippen molar-refractivity contribution >= 4 is 36.1 Å². The molecule has 2 saturated heterocycles. The van der Waals surface area contributed by atoms with Crippen LogP contribution in [-0.4, -0.2) is 81.8 Å². The highest BCUT2D eigenvalue weighted by molar-refractivity contribution is 6.14. The number of hydrogen-bond acceptors (Lipinski definition) is 7. The molecule has 2 aromatic carbocycles. The Hall–Kier alpha value is -3.43. The Morgan fingerprint density at radius 1 is 0.919 bits per heavy atom. The molecule has 2 heterocycles. The lowest BCUT2D eigenvalue weighted by atomic mass is 10.1. The smallest absolute Gasteiger partial charge is 0.329 e. The van der Waals surface area contributed by atoms with Crippen LogP contribution in [0, 0.1) is 0 Å². The predicted molar refractivity (Wildman–Crippen MR) is 146 cm³/mol. The number of methoxy groups -OCH3 is 2. The minimum atomic E-state index is -0.385. The zero-order chi connectivity index (χ0) is 25.5. The second kappa shape index (κ2) is 13.2. The third-order valence-electron chi connectivity index (χ3n) is 6.42. The van der Waals surface area contributed by atoms with Crippen LogP contribution >= 0.6 is 12.4 Å². The summed E-state index contributed by atoms with van der Waals surface area (Å²) in [4.78, 5) is 31.3. The van der Waals surface area contributed by atoms with Gasteiger partial charge in [-0.3, -0.25) is 14.6 Å². The Kier molecular flexibility index (Phi) is 10.0. The summed E-state index contributed by atoms with van der Waals surface area (Å²) in [6.07, 6.45) is 2.37. The van der Waals surface area contributed by atoms with Crippen molar-refractivity contribution < 1.29 is 23.8 Å². The molecule has 200 valence electrons. The Bertz CT molecular complexity index is 1120. The zero-order valence-electron chi connectivity index (χ0n) is 21.6. The van der Waals surface area contributed by atoms with Crippen LogP contribution in [0.4, 0.5) is 10.5 Å². The topological polar surface area (TPSA) is 83.6 Å². The lowest BCUT2D eigenvalue weighted by molar-refractivity contribution is -0.122. The van der Waals surface area contributed by atoms with Crippen LogP contribution in [0.3, 0.4) is 0 Å². The van der Waals surface area contributed by atoms with Gasteiger partial charge < -0.3 is 24.4 Å². The number of hydrogen-bond donors (Lipinski definition) is 1. The van der Waals surface area contributed by atoms with E-state index >= 15 is 0 Å². The molecule has 0 aromatic heterocycles. The van der Waals surface area contributed by atoms with Gasteiger partial charge in [-0.2, -0.15) is 0 Å². The molecule has 1 N–H and O–H groups in total. The number of benzene rings is 2. The number of carbonyl (C=O) groups excluding carboxylic acids is 2. The summed E-state index contributed by atoms with van der Waals surface area (Å²) in [6.45, 7) is 7.50. The fourth-order valence-electron chi connectivity index (χ4n) is 4.54. The number of piperazine rings is 1. The number of rotatable bonds is 10. The molecular weight excluding hydrogens is 496 g/mol. The molecule has 2 aliphatic heterocycles. The van der Waals surface area contributed by atoms with Crippen LogP contribution < -0.4 is 24.4 Å². The summed E-state index contributed by atoms with van der Waals surface area (Å²) in [7, 11) is 3.12. The van der Waals surface area contributed by atoms with E-state index < -0.39 is 0 Å². The average molecular weight is 531 g/mol. The zero-order valence-corrected chi connectivity index (χ0v) is 22.4. The molecule has 3 amide bonds. The van der Waals surface area contributed by atoms with E-state index in [9.17, 15) is 9.59 Å². The normalized spacial score (nSPS) is 17.0. The van der Waals surface area contributed by atoms with Gasteiger partial charge in [0.15, 0.2) is 11.5 Å². The van der Waals surface area contributed by atoms with Gasteiger partial charge in [-0.1, -0.05) is 18.2 Å². The third-order valence-corrected chi connectivity index (χ3v) is 6.42. The van der Waals surface area contributed by atoms with Gasteiger partial charge in [0.2, 0.25) is 0 Å². The van der Waals surface area contributed by atoms with Crippen molar-refractivity contribution in [2.24, 2.45) is 0 Å². The first-order valence-electron chi connectivity index (χ1n) is 12.3. The monoisotopic (exact) mass is 530 g/mol. The van der Waals surface area contributed by atoms with Crippen LogP contribution in [0.5, 0.6) is 17.2 Å². The number of urea groups is 1. The molecule has 0 bridgehead atoms. The number of amides is 3. The molecule has 0 saturated carbocycles. The number of carbonyl (C=O) groups is 2. The van der Waals surface area contributed by atoms with Gasteiger partial charge in [-0.25, -0.2) is 4.79 Å². The first-order chi connectivity index (χ1) is 17.5. The van der Waals surface area contributed by atoms with E-state index in [0.717, 1.165) is 56.1 Å². The quantitative estimate of drug-likeness (QED) is 0.371. The molecule has 0 unspecified atom stereocenters. The minimum Gasteiger partial charge on any atom is -0.493 e. The molecule has 0 radical (unpaired) electrons. The minimum absolute atomic E-state index is 0. The highest BCUT2D eigenvalue weighted by atomic mass is 35.5. The number of halogens is 1. The molecule has 2 aliphatic rings. The van der Waals surface area contributed by atoms with Gasteiger partial charge in [0.1, 0.15) is 11.4 Å². The maximum absolute atomic E-state index is 12.9. The second-order valence-corrected chi connectivity index (χ2v) is 8.64. The van der Waals surface area contributed by atoms with Gasteiger partial charge in [0, 0.05) is 32.7 Å². The van der Waals surface area contributed by atoms with Crippen molar-refractivity contribution in [2.75, 3.05) is 65.0 Å². The first kappa shape index (κ1) is 28.1. The lowest BCUT2D eigenvalue weighted by Gasteiger charge is -2.36. The van der Waals surface area contributed by atoms with Gasteiger partial charge in [0.05, 0.1) is 26.5 Å². The maximum Gasteiger partial charge on any atom is 0.329 e. The summed E-state index contributed by atoms with van der Waals surface area (Å²) in [5, 5.41) is 2.69. The van der Waals surface area contributed by atoms with E-state index in [0.29, 0.717) is 24.7 Å². The van der Waals surface area contributed by atoms with E-state index in [1.54, 1.807) is 32.4 Å². The van der Waals surface area contributed by atoms with Crippen LogP contribution in [-0.2, 0) is 4.79 Å². The lowest BCUT2D eigenvalue weighted by Crippen LogP contribution is -2.47. The summed E-state index contributed by atoms with van der Waals surface area (Å²) >= 11 is 0. The number of para-hydroxylation sites is 2. The van der Waals surface area contributed by atoms with Gasteiger partial charge in [-0.15, -0.1) is 12.4 Å². The molecule has 2 fully saturated rings. The second-order valence-electron chi connectivity index (χ2n) is 8.64. The van der Waals surface area contributed by atoms with Crippen LogP contribution in [0.2, 0.25) is 0 Å². The molecule has 4 rings (SSSR count). The van der Waals surface area contributed by atoms with Gasteiger partial charge >= 0.3 is 6.03 Å². The maximum atomic E-state index is 12.9. The molecular formula is C27H35ClN4O5. The number of nitrogens with zero attached hydrogens (tertiary/aromatic N) is 3. The highest BCUT2D eigenvalue weighted by Crippen LogP contribution is 2.30. The predicted octanol–water partition coefficient (Wildman–Crippen LogP) is 3.63. The molecule has 10 heteroatoms. The highest BCUT2D eigenvalue weighted by Gasteiger charge is 2.33. The summed E-state index contributed by atoms with van der Waals surface area (Å²) < 4.78 is 16.4. The third kappa shape index (κ3) is 6.67. The van der Waals surface area contributed by atoms with Crippen molar-refractivity contribution in [3.05, 3.63) is 53.7 Å². The standard InChI is InChI=1S/C27H34N4O5.ClH/c1-4-36-23-9-6-5-8-22(23)30-16-14-29(15-17-30)12-7-13-31-26(32)21(28-27(31)33)18-20-10-11-24(34-2)25(19-20)35-3;/h5-6,8-11,18-19H,4,7,12-17H2,1-3H3,(H,28,33);1H/b21-18-;. The van der Waals surface area contributed by atoms with E-state index in [-0.39, 0.29) is 30.0 Å². The molecule has 0 spiro atoms. The van der Waals surface area contributed by atoms with Crippen molar-refractivity contribution in [3.8, 4) is 17.2 Å². The molecule has 0 atom stereocenters. The summed E-state index contributed by atoms with van der Waals surface area (Å²) in [6, 6.07) is 13.1. The first-order valence-corrected chi connectivity index (χ1v) is 12.3.